The average Bonchev–Trinajstić information content (AvgIpc) is 2.67. The zero-order valence-corrected chi connectivity index (χ0v) is 20.0. The summed E-state index contributed by atoms with van der Waals surface area (Å²) in [5, 5.41) is 6.43. The smallest absolute Gasteiger partial charge is 0.191 e. The Morgan fingerprint density at radius 1 is 1.11 bits per heavy atom. The van der Waals surface area contributed by atoms with E-state index < -0.39 is 9.84 Å². The van der Waals surface area contributed by atoms with E-state index in [0.717, 1.165) is 45.4 Å². The summed E-state index contributed by atoms with van der Waals surface area (Å²) in [6.45, 7) is 9.19. The van der Waals surface area contributed by atoms with Gasteiger partial charge in [0.05, 0.1) is 25.5 Å². The quantitative estimate of drug-likeness (QED) is 0.290. The minimum atomic E-state index is -2.96. The van der Waals surface area contributed by atoms with Crippen molar-refractivity contribution in [2.45, 2.75) is 51.5 Å². The predicted molar refractivity (Wildman–Crippen MR) is 122 cm³/mol. The molecule has 0 radical (unpaired) electrons. The maximum atomic E-state index is 11.7. The van der Waals surface area contributed by atoms with Gasteiger partial charge in [0.15, 0.2) is 15.8 Å². The van der Waals surface area contributed by atoms with E-state index in [9.17, 15) is 8.42 Å². The number of morpholine rings is 1. The molecule has 0 atom stereocenters. The normalized spacial score (nSPS) is 21.3. The van der Waals surface area contributed by atoms with E-state index in [1.807, 2.05) is 6.92 Å². The summed E-state index contributed by atoms with van der Waals surface area (Å²) < 4.78 is 28.9. The Morgan fingerprint density at radius 2 is 1.78 bits per heavy atom. The molecule has 1 saturated carbocycles. The van der Waals surface area contributed by atoms with Crippen LogP contribution in [0.4, 0.5) is 0 Å². The van der Waals surface area contributed by atoms with Gasteiger partial charge in [-0.05, 0) is 19.8 Å². The molecule has 7 nitrogen and oxygen atoms in total. The second-order valence-electron chi connectivity index (χ2n) is 7.24. The highest BCUT2D eigenvalue weighted by molar-refractivity contribution is 14.0. The monoisotopic (exact) mass is 516 g/mol. The Bertz CT molecular complexity index is 545. The lowest BCUT2D eigenvalue weighted by Crippen LogP contribution is -2.56. The van der Waals surface area contributed by atoms with Crippen LogP contribution in [-0.4, -0.2) is 82.3 Å². The predicted octanol–water partition coefficient (Wildman–Crippen LogP) is 1.63. The van der Waals surface area contributed by atoms with E-state index in [2.05, 4.69) is 15.5 Å². The van der Waals surface area contributed by atoms with Gasteiger partial charge >= 0.3 is 0 Å². The van der Waals surface area contributed by atoms with E-state index in [1.165, 1.54) is 32.1 Å². The van der Waals surface area contributed by atoms with Crippen LogP contribution < -0.4 is 10.6 Å². The molecule has 0 amide bonds. The first-order valence-electron chi connectivity index (χ1n) is 10.1. The van der Waals surface area contributed by atoms with E-state index in [4.69, 9.17) is 9.73 Å². The average molecular weight is 516 g/mol. The van der Waals surface area contributed by atoms with Gasteiger partial charge in [0.2, 0.25) is 0 Å². The van der Waals surface area contributed by atoms with E-state index in [1.54, 1.807) is 6.92 Å². The lowest BCUT2D eigenvalue weighted by Gasteiger charge is -2.47. The van der Waals surface area contributed by atoms with E-state index in [0.29, 0.717) is 6.54 Å². The van der Waals surface area contributed by atoms with Crippen LogP contribution in [0.5, 0.6) is 0 Å². The van der Waals surface area contributed by atoms with Crippen molar-refractivity contribution >= 4 is 39.8 Å². The van der Waals surface area contributed by atoms with E-state index >= 15 is 0 Å². The molecule has 2 fully saturated rings. The zero-order chi connectivity index (χ0) is 18.9. The first-order valence-corrected chi connectivity index (χ1v) is 11.9. The number of nitrogens with one attached hydrogen (secondary N) is 2. The molecule has 0 unspecified atom stereocenters. The number of ether oxygens (including phenoxy) is 1. The third-order valence-electron chi connectivity index (χ3n) is 5.49. The third-order valence-corrected chi connectivity index (χ3v) is 7.19. The molecular weight excluding hydrogens is 479 g/mol. The molecule has 2 N–H and O–H groups in total. The van der Waals surface area contributed by atoms with Gasteiger partial charge < -0.3 is 15.4 Å². The van der Waals surface area contributed by atoms with Crippen molar-refractivity contribution in [1.29, 1.82) is 0 Å². The Balaban J connectivity index is 0.00000364. The molecule has 0 aromatic rings. The van der Waals surface area contributed by atoms with Crippen LogP contribution in [0.3, 0.4) is 0 Å². The van der Waals surface area contributed by atoms with Crippen LogP contribution in [0.1, 0.15) is 46.0 Å². The second kappa shape index (κ2) is 12.4. The van der Waals surface area contributed by atoms with Crippen LogP contribution in [0.15, 0.2) is 4.99 Å². The van der Waals surface area contributed by atoms with Gasteiger partial charge in [-0.15, -0.1) is 24.0 Å². The van der Waals surface area contributed by atoms with Gasteiger partial charge in [-0.2, -0.15) is 0 Å². The maximum Gasteiger partial charge on any atom is 0.191 e. The maximum absolute atomic E-state index is 11.7. The largest absolute Gasteiger partial charge is 0.379 e. The lowest BCUT2D eigenvalue weighted by atomic mass is 9.80. The molecule has 0 aromatic heterocycles. The SMILES string of the molecule is CCNC(=NCC1(N2CCOCC2)CCCCC1)NCCS(=O)(=O)CC.I. The Morgan fingerprint density at radius 3 is 2.37 bits per heavy atom. The first kappa shape index (κ1) is 24.9. The number of halogens is 1. The summed E-state index contributed by atoms with van der Waals surface area (Å²) in [4.78, 5) is 7.42. The highest BCUT2D eigenvalue weighted by Gasteiger charge is 2.38. The van der Waals surface area contributed by atoms with Crippen molar-refractivity contribution in [2.24, 2.45) is 4.99 Å². The molecule has 1 saturated heterocycles. The fourth-order valence-corrected chi connectivity index (χ4v) is 4.56. The summed E-state index contributed by atoms with van der Waals surface area (Å²) in [6, 6.07) is 0. The number of rotatable bonds is 8. The molecular formula is C18H37IN4O3S. The zero-order valence-electron chi connectivity index (χ0n) is 16.8. The van der Waals surface area contributed by atoms with Crippen molar-refractivity contribution < 1.29 is 13.2 Å². The third kappa shape index (κ3) is 8.02. The van der Waals surface area contributed by atoms with Crippen molar-refractivity contribution in [3.05, 3.63) is 0 Å². The van der Waals surface area contributed by atoms with Crippen LogP contribution in [0.25, 0.3) is 0 Å². The highest BCUT2D eigenvalue weighted by atomic mass is 127. The summed E-state index contributed by atoms with van der Waals surface area (Å²) in [7, 11) is -2.96. The van der Waals surface area contributed by atoms with Gasteiger partial charge in [-0.3, -0.25) is 9.89 Å². The molecule has 2 aliphatic rings. The second-order valence-corrected chi connectivity index (χ2v) is 9.72. The fourth-order valence-electron chi connectivity index (χ4n) is 3.86. The van der Waals surface area contributed by atoms with E-state index in [-0.39, 0.29) is 41.0 Å². The van der Waals surface area contributed by atoms with Crippen LogP contribution in [0, 0.1) is 0 Å². The van der Waals surface area contributed by atoms with Gasteiger partial charge in [-0.1, -0.05) is 26.2 Å². The van der Waals surface area contributed by atoms with Crippen molar-refractivity contribution in [2.75, 3.05) is 57.4 Å². The van der Waals surface area contributed by atoms with Gasteiger partial charge in [0.25, 0.3) is 0 Å². The van der Waals surface area contributed by atoms with Gasteiger partial charge in [0.1, 0.15) is 0 Å². The number of hydrogen-bond donors (Lipinski definition) is 2. The highest BCUT2D eigenvalue weighted by Crippen LogP contribution is 2.34. The topological polar surface area (TPSA) is 83.0 Å². The Hall–Kier alpha value is -0.130. The van der Waals surface area contributed by atoms with Crippen molar-refractivity contribution in [3.8, 4) is 0 Å². The number of hydrogen-bond acceptors (Lipinski definition) is 5. The van der Waals surface area contributed by atoms with Gasteiger partial charge in [0, 0.05) is 37.5 Å². The Labute approximate surface area is 182 Å². The molecule has 0 bridgehead atoms. The minimum absolute atomic E-state index is 0. The molecule has 1 aliphatic carbocycles. The molecule has 160 valence electrons. The lowest BCUT2D eigenvalue weighted by molar-refractivity contribution is -0.0333. The molecule has 1 heterocycles. The molecule has 2 rings (SSSR count). The summed E-state index contributed by atoms with van der Waals surface area (Å²) in [5.41, 5.74) is 0.125. The minimum Gasteiger partial charge on any atom is -0.379 e. The van der Waals surface area contributed by atoms with Crippen LogP contribution in [-0.2, 0) is 14.6 Å². The van der Waals surface area contributed by atoms with Gasteiger partial charge in [-0.25, -0.2) is 8.42 Å². The number of aliphatic imine (C=N–C) groups is 1. The first-order chi connectivity index (χ1) is 12.5. The number of nitrogens with zero attached hydrogens (tertiary/aromatic N) is 2. The van der Waals surface area contributed by atoms with Crippen molar-refractivity contribution in [1.82, 2.24) is 15.5 Å². The number of sulfone groups is 1. The van der Waals surface area contributed by atoms with Crippen molar-refractivity contribution in [3.63, 3.8) is 0 Å². The molecule has 9 heteroatoms. The summed E-state index contributed by atoms with van der Waals surface area (Å²) in [6.07, 6.45) is 6.18. The molecule has 0 spiro atoms. The molecule has 0 aromatic carbocycles. The molecule has 27 heavy (non-hydrogen) atoms. The summed E-state index contributed by atoms with van der Waals surface area (Å²) >= 11 is 0. The van der Waals surface area contributed by atoms with Crippen LogP contribution in [0.2, 0.25) is 0 Å². The number of guanidine groups is 1. The summed E-state index contributed by atoms with van der Waals surface area (Å²) in [5.74, 6) is 1.04. The standard InChI is InChI=1S/C18H36N4O3S.HI/c1-3-19-17(20-10-15-26(23,24)4-2)21-16-18(8-6-5-7-9-18)22-11-13-25-14-12-22;/h3-16H2,1-2H3,(H2,19,20,21);1H. The fraction of sp³-hybridized carbons (Fsp3) is 0.944. The van der Waals surface area contributed by atoms with Crippen LogP contribution >= 0.6 is 24.0 Å². The molecule has 1 aliphatic heterocycles. The Kier molecular flexibility index (Phi) is 11.5.